The van der Waals surface area contributed by atoms with Gasteiger partial charge < -0.3 is 13.9 Å². The molecule has 2 aromatic heterocycles. The van der Waals surface area contributed by atoms with E-state index < -0.39 is 15.7 Å². The van der Waals surface area contributed by atoms with Crippen molar-refractivity contribution in [1.82, 2.24) is 20.0 Å². The largest absolute Gasteiger partial charge is 0.496 e. The summed E-state index contributed by atoms with van der Waals surface area (Å²) in [6.07, 6.45) is 7.61. The van der Waals surface area contributed by atoms with Gasteiger partial charge in [-0.3, -0.25) is 4.68 Å². The van der Waals surface area contributed by atoms with Gasteiger partial charge in [0.25, 0.3) is 0 Å². The van der Waals surface area contributed by atoms with Gasteiger partial charge in [-0.15, -0.1) is 5.10 Å². The van der Waals surface area contributed by atoms with Crippen LogP contribution in [-0.4, -0.2) is 41.3 Å². The van der Waals surface area contributed by atoms with E-state index in [0.29, 0.717) is 33.3 Å². The van der Waals surface area contributed by atoms with E-state index in [-0.39, 0.29) is 30.5 Å². The van der Waals surface area contributed by atoms with E-state index in [0.717, 1.165) is 0 Å². The monoisotopic (exact) mass is 532 g/mol. The lowest BCUT2D eigenvalue weighted by molar-refractivity contribution is 0.298. The minimum Gasteiger partial charge on any atom is -0.496 e. The summed E-state index contributed by atoms with van der Waals surface area (Å²) in [7, 11) is -1.94. The standard InChI is InChI=1S/C24H22ClFN4O5S/c1-33-23-13-21(6-3-18(23)16-36(31,32)11-10-30-9-8-27-29-30)34-14-20-15-35-24(28-20)7-4-17-2-5-19(25)12-22(17)26/h2-9,12-13,15H,10-11,14,16H2,1H3/b7-4+. The van der Waals surface area contributed by atoms with E-state index in [1.807, 2.05) is 0 Å². The van der Waals surface area contributed by atoms with Crippen LogP contribution in [0.4, 0.5) is 4.39 Å². The van der Waals surface area contributed by atoms with Crippen molar-refractivity contribution >= 4 is 33.6 Å². The Balaban J connectivity index is 1.35. The first-order chi connectivity index (χ1) is 17.3. The number of halogens is 2. The summed E-state index contributed by atoms with van der Waals surface area (Å²) < 4.78 is 56.9. The number of ether oxygens (including phenoxy) is 2. The lowest BCUT2D eigenvalue weighted by Crippen LogP contribution is -2.15. The van der Waals surface area contributed by atoms with Crippen LogP contribution in [-0.2, 0) is 28.7 Å². The molecule has 0 aliphatic heterocycles. The molecule has 0 aliphatic rings. The number of aryl methyl sites for hydroxylation is 1. The van der Waals surface area contributed by atoms with Gasteiger partial charge in [-0.05, 0) is 24.3 Å². The van der Waals surface area contributed by atoms with Crippen LogP contribution in [0.3, 0.4) is 0 Å². The minimum absolute atomic E-state index is 0.0780. The Morgan fingerprint density at radius 2 is 2.06 bits per heavy atom. The number of nitrogens with zero attached hydrogens (tertiary/aromatic N) is 4. The van der Waals surface area contributed by atoms with Crippen molar-refractivity contribution in [2.45, 2.75) is 18.9 Å². The molecule has 0 aliphatic carbocycles. The molecule has 12 heteroatoms. The second-order valence-electron chi connectivity index (χ2n) is 7.70. The summed E-state index contributed by atoms with van der Waals surface area (Å²) in [5.41, 5.74) is 1.39. The second kappa shape index (κ2) is 11.4. The Morgan fingerprint density at radius 3 is 2.81 bits per heavy atom. The number of hydrogen-bond donors (Lipinski definition) is 0. The van der Waals surface area contributed by atoms with E-state index in [1.54, 1.807) is 36.5 Å². The summed E-state index contributed by atoms with van der Waals surface area (Å²) in [5, 5.41) is 7.75. The highest BCUT2D eigenvalue weighted by molar-refractivity contribution is 7.90. The zero-order chi connectivity index (χ0) is 25.5. The lowest BCUT2D eigenvalue weighted by Gasteiger charge is -2.12. The number of aromatic nitrogens is 4. The topological polar surface area (TPSA) is 109 Å². The fourth-order valence-electron chi connectivity index (χ4n) is 3.25. The van der Waals surface area contributed by atoms with Gasteiger partial charge in [0.2, 0.25) is 5.89 Å². The van der Waals surface area contributed by atoms with Crippen LogP contribution < -0.4 is 9.47 Å². The Bertz CT molecular complexity index is 1460. The molecule has 0 spiro atoms. The third kappa shape index (κ3) is 6.92. The first-order valence-corrected chi connectivity index (χ1v) is 12.9. The summed E-state index contributed by atoms with van der Waals surface area (Å²) in [4.78, 5) is 4.29. The predicted octanol–water partition coefficient (Wildman–Crippen LogP) is 4.43. The Labute approximate surface area is 212 Å². The van der Waals surface area contributed by atoms with Crippen LogP contribution in [0, 0.1) is 5.82 Å². The molecule has 0 N–H and O–H groups in total. The maximum atomic E-state index is 13.9. The van der Waals surface area contributed by atoms with Gasteiger partial charge in [0.15, 0.2) is 9.84 Å². The van der Waals surface area contributed by atoms with Crippen molar-refractivity contribution in [2.24, 2.45) is 0 Å². The number of benzene rings is 2. The highest BCUT2D eigenvalue weighted by Crippen LogP contribution is 2.27. The summed E-state index contributed by atoms with van der Waals surface area (Å²) in [6.45, 7) is 0.320. The fourth-order valence-corrected chi connectivity index (χ4v) is 4.73. The molecule has 188 valence electrons. The van der Waals surface area contributed by atoms with Crippen LogP contribution in [0.15, 0.2) is 59.5 Å². The SMILES string of the molecule is COc1cc(OCc2coc(/C=C/c3ccc(Cl)cc3F)n2)ccc1CS(=O)(=O)CCn1ccnn1. The van der Waals surface area contributed by atoms with Gasteiger partial charge in [-0.25, -0.2) is 17.8 Å². The molecule has 0 atom stereocenters. The van der Waals surface area contributed by atoms with Gasteiger partial charge >= 0.3 is 0 Å². The average Bonchev–Trinajstić information content (AvgIpc) is 3.54. The quantitative estimate of drug-likeness (QED) is 0.279. The maximum absolute atomic E-state index is 13.9. The highest BCUT2D eigenvalue weighted by atomic mass is 35.5. The average molecular weight is 533 g/mol. The van der Waals surface area contributed by atoms with E-state index >= 15 is 0 Å². The molecule has 0 saturated carbocycles. The van der Waals surface area contributed by atoms with E-state index in [4.69, 9.17) is 25.5 Å². The van der Waals surface area contributed by atoms with Crippen LogP contribution in [0.5, 0.6) is 11.5 Å². The first kappa shape index (κ1) is 25.4. The molecule has 0 fully saturated rings. The van der Waals surface area contributed by atoms with Crippen LogP contribution >= 0.6 is 11.6 Å². The Kier molecular flexibility index (Phi) is 8.01. The lowest BCUT2D eigenvalue weighted by atomic mass is 10.2. The van der Waals surface area contributed by atoms with Gasteiger partial charge in [-0.2, -0.15) is 0 Å². The van der Waals surface area contributed by atoms with E-state index in [1.165, 1.54) is 42.5 Å². The van der Waals surface area contributed by atoms with Gasteiger partial charge in [-0.1, -0.05) is 28.9 Å². The van der Waals surface area contributed by atoms with Crippen molar-refractivity contribution in [3.05, 3.63) is 88.6 Å². The van der Waals surface area contributed by atoms with E-state index in [2.05, 4.69) is 15.3 Å². The van der Waals surface area contributed by atoms with Crippen molar-refractivity contribution < 1.29 is 26.7 Å². The normalized spacial score (nSPS) is 11.8. The zero-order valence-corrected chi connectivity index (χ0v) is 20.7. The molecule has 9 nitrogen and oxygen atoms in total. The summed E-state index contributed by atoms with van der Waals surface area (Å²) in [6, 6.07) is 9.30. The van der Waals surface area contributed by atoms with Gasteiger partial charge in [0.05, 0.1) is 31.4 Å². The zero-order valence-electron chi connectivity index (χ0n) is 19.2. The molecule has 0 bridgehead atoms. The molecule has 0 unspecified atom stereocenters. The Hall–Kier alpha value is -3.70. The number of hydrogen-bond acceptors (Lipinski definition) is 8. The molecular formula is C24H22ClFN4O5S. The molecule has 4 aromatic rings. The van der Waals surface area contributed by atoms with Crippen LogP contribution in [0.1, 0.15) is 22.7 Å². The summed E-state index contributed by atoms with van der Waals surface area (Å²) >= 11 is 5.76. The van der Waals surface area contributed by atoms with Crippen molar-refractivity contribution in [3.63, 3.8) is 0 Å². The van der Waals surface area contributed by atoms with E-state index in [9.17, 15) is 12.8 Å². The van der Waals surface area contributed by atoms with Crippen molar-refractivity contribution in [1.29, 1.82) is 0 Å². The molecular weight excluding hydrogens is 511 g/mol. The summed E-state index contributed by atoms with van der Waals surface area (Å²) in [5.74, 6) is 0.440. The molecule has 0 saturated heterocycles. The van der Waals surface area contributed by atoms with Crippen molar-refractivity contribution in [3.8, 4) is 11.5 Å². The second-order valence-corrected chi connectivity index (χ2v) is 10.3. The molecule has 0 radical (unpaired) electrons. The molecule has 2 heterocycles. The van der Waals surface area contributed by atoms with Gasteiger partial charge in [0.1, 0.15) is 35.9 Å². The van der Waals surface area contributed by atoms with Crippen molar-refractivity contribution in [2.75, 3.05) is 12.9 Å². The number of sulfone groups is 1. The fraction of sp³-hybridized carbons (Fsp3) is 0.208. The Morgan fingerprint density at radius 1 is 1.19 bits per heavy atom. The molecule has 4 rings (SSSR count). The van der Waals surface area contributed by atoms with Gasteiger partial charge in [0, 0.05) is 34.5 Å². The van der Waals surface area contributed by atoms with Crippen LogP contribution in [0.25, 0.3) is 12.2 Å². The first-order valence-electron chi connectivity index (χ1n) is 10.7. The minimum atomic E-state index is -3.41. The maximum Gasteiger partial charge on any atom is 0.218 e. The third-order valence-electron chi connectivity index (χ3n) is 5.06. The number of oxazole rings is 1. The number of methoxy groups -OCH3 is 1. The molecule has 36 heavy (non-hydrogen) atoms. The number of rotatable bonds is 11. The molecule has 2 aromatic carbocycles. The van der Waals surface area contributed by atoms with Crippen LogP contribution in [0.2, 0.25) is 5.02 Å². The smallest absolute Gasteiger partial charge is 0.218 e. The third-order valence-corrected chi connectivity index (χ3v) is 6.85. The highest BCUT2D eigenvalue weighted by Gasteiger charge is 2.17. The molecule has 0 amide bonds. The predicted molar refractivity (Wildman–Crippen MR) is 132 cm³/mol.